The molecule has 1 aromatic rings. The summed E-state index contributed by atoms with van der Waals surface area (Å²) in [7, 11) is 0. The van der Waals surface area contributed by atoms with Crippen LogP contribution in [0.4, 0.5) is 11.6 Å². The van der Waals surface area contributed by atoms with E-state index in [1.807, 2.05) is 6.92 Å². The highest BCUT2D eigenvalue weighted by Gasteiger charge is 2.26. The van der Waals surface area contributed by atoms with Crippen molar-refractivity contribution in [2.24, 2.45) is 5.92 Å². The molecule has 0 aromatic carbocycles. The van der Waals surface area contributed by atoms with Crippen LogP contribution in [0.5, 0.6) is 0 Å². The summed E-state index contributed by atoms with van der Waals surface area (Å²) in [6, 6.07) is 0. The van der Waals surface area contributed by atoms with Gasteiger partial charge in [-0.3, -0.25) is 9.78 Å². The number of fused-ring (bicyclic) bond motifs is 1. The Labute approximate surface area is 81.7 Å². The molecule has 0 aliphatic carbocycles. The van der Waals surface area contributed by atoms with Crippen molar-refractivity contribution in [2.75, 3.05) is 11.1 Å². The lowest BCUT2D eigenvalue weighted by Crippen LogP contribution is -2.30. The van der Waals surface area contributed by atoms with Gasteiger partial charge >= 0.3 is 0 Å². The van der Waals surface area contributed by atoms with Gasteiger partial charge in [-0.1, -0.05) is 6.92 Å². The Morgan fingerprint density at radius 2 is 2.50 bits per heavy atom. The third-order valence-electron chi connectivity index (χ3n) is 2.41. The summed E-state index contributed by atoms with van der Waals surface area (Å²) in [5, 5.41) is 2.71. The quantitative estimate of drug-likeness (QED) is 0.682. The number of nitrogen functional groups attached to an aromatic ring is 1. The Kier molecular flexibility index (Phi) is 2.07. The number of amides is 1. The first kappa shape index (κ1) is 8.93. The lowest BCUT2D eigenvalue weighted by molar-refractivity contribution is -0.120. The highest BCUT2D eigenvalue weighted by Crippen LogP contribution is 2.23. The Morgan fingerprint density at radius 3 is 3.21 bits per heavy atom. The second kappa shape index (κ2) is 3.25. The van der Waals surface area contributed by atoms with Crippen LogP contribution in [-0.4, -0.2) is 15.9 Å². The molecule has 2 rings (SSSR count). The number of carbonyl (C=O) groups excluding carboxylic acids is 1. The molecule has 1 atom stereocenters. The van der Waals surface area contributed by atoms with Crippen molar-refractivity contribution in [1.82, 2.24) is 9.97 Å². The first-order chi connectivity index (χ1) is 6.70. The van der Waals surface area contributed by atoms with Gasteiger partial charge in [0.2, 0.25) is 5.91 Å². The van der Waals surface area contributed by atoms with Crippen molar-refractivity contribution >= 4 is 17.5 Å². The van der Waals surface area contributed by atoms with Crippen molar-refractivity contribution in [3.63, 3.8) is 0 Å². The number of rotatable bonds is 1. The van der Waals surface area contributed by atoms with Crippen LogP contribution < -0.4 is 11.1 Å². The molecule has 74 valence electrons. The Hall–Kier alpha value is -1.65. The highest BCUT2D eigenvalue weighted by molar-refractivity contribution is 5.94. The maximum atomic E-state index is 11.5. The van der Waals surface area contributed by atoms with Crippen molar-refractivity contribution in [1.29, 1.82) is 0 Å². The Bertz CT molecular complexity index is 377. The smallest absolute Gasteiger partial charge is 0.229 e. The number of nitrogens with zero attached hydrogens (tertiary/aromatic N) is 2. The fourth-order valence-corrected chi connectivity index (χ4v) is 1.55. The first-order valence-corrected chi connectivity index (χ1v) is 4.63. The minimum Gasteiger partial charge on any atom is -0.382 e. The molecule has 0 radical (unpaired) electrons. The monoisotopic (exact) mass is 192 g/mol. The van der Waals surface area contributed by atoms with Crippen LogP contribution in [-0.2, 0) is 11.2 Å². The predicted octanol–water partition coefficient (Wildman–Crippen LogP) is 0.580. The van der Waals surface area contributed by atoms with E-state index in [-0.39, 0.29) is 11.8 Å². The Balaban J connectivity index is 2.35. The van der Waals surface area contributed by atoms with Gasteiger partial charge in [-0.05, 0) is 6.42 Å². The number of anilines is 2. The number of aromatic nitrogens is 2. The first-order valence-electron chi connectivity index (χ1n) is 4.63. The molecule has 2 heterocycles. The molecular weight excluding hydrogens is 180 g/mol. The van der Waals surface area contributed by atoms with Crippen LogP contribution in [0.15, 0.2) is 6.20 Å². The van der Waals surface area contributed by atoms with Crippen LogP contribution in [0, 0.1) is 5.92 Å². The minimum atomic E-state index is 0.0138. The zero-order chi connectivity index (χ0) is 10.1. The fraction of sp³-hybridized carbons (Fsp3) is 0.444. The van der Waals surface area contributed by atoms with Gasteiger partial charge < -0.3 is 11.1 Å². The lowest BCUT2D eigenvalue weighted by atomic mass is 9.96. The van der Waals surface area contributed by atoms with Gasteiger partial charge in [0.05, 0.1) is 11.9 Å². The number of hydrogen-bond acceptors (Lipinski definition) is 4. The van der Waals surface area contributed by atoms with Crippen LogP contribution in [0.3, 0.4) is 0 Å². The molecule has 1 unspecified atom stereocenters. The molecule has 14 heavy (non-hydrogen) atoms. The largest absolute Gasteiger partial charge is 0.382 e. The average molecular weight is 192 g/mol. The van der Waals surface area contributed by atoms with Gasteiger partial charge in [0, 0.05) is 12.3 Å². The fourth-order valence-electron chi connectivity index (χ4n) is 1.55. The number of hydrogen-bond donors (Lipinski definition) is 2. The van der Waals surface area contributed by atoms with Gasteiger partial charge in [0.25, 0.3) is 0 Å². The molecule has 3 N–H and O–H groups in total. The van der Waals surface area contributed by atoms with Crippen LogP contribution >= 0.6 is 0 Å². The van der Waals surface area contributed by atoms with E-state index in [1.54, 1.807) is 0 Å². The summed E-state index contributed by atoms with van der Waals surface area (Å²) in [4.78, 5) is 19.6. The standard InChI is InChI=1S/C9H12N4O/c1-2-5-3-6-8(13-9(5)14)12-7(10)4-11-6/h4-5H,2-3H2,1H3,(H3,10,12,13,14). The molecule has 1 amide bonds. The average Bonchev–Trinajstić information content (AvgIpc) is 2.16. The summed E-state index contributed by atoms with van der Waals surface area (Å²) in [6.45, 7) is 1.99. The van der Waals surface area contributed by atoms with E-state index < -0.39 is 0 Å². The van der Waals surface area contributed by atoms with Gasteiger partial charge in [-0.2, -0.15) is 0 Å². The van der Waals surface area contributed by atoms with Crippen molar-refractivity contribution in [3.8, 4) is 0 Å². The molecule has 0 fully saturated rings. The second-order valence-corrected chi connectivity index (χ2v) is 3.39. The summed E-state index contributed by atoms with van der Waals surface area (Å²) < 4.78 is 0. The zero-order valence-electron chi connectivity index (χ0n) is 7.95. The maximum absolute atomic E-state index is 11.5. The molecule has 1 aromatic heterocycles. The van der Waals surface area contributed by atoms with Gasteiger partial charge in [0.15, 0.2) is 5.82 Å². The van der Waals surface area contributed by atoms with E-state index in [9.17, 15) is 4.79 Å². The third kappa shape index (κ3) is 1.41. The number of nitrogens with two attached hydrogens (primary N) is 1. The van der Waals surface area contributed by atoms with Crippen LogP contribution in [0.1, 0.15) is 19.0 Å². The molecule has 0 bridgehead atoms. The van der Waals surface area contributed by atoms with Gasteiger partial charge in [-0.15, -0.1) is 0 Å². The molecule has 0 spiro atoms. The molecule has 0 saturated carbocycles. The van der Waals surface area contributed by atoms with Crippen molar-refractivity contribution in [2.45, 2.75) is 19.8 Å². The summed E-state index contributed by atoms with van der Waals surface area (Å²) >= 11 is 0. The second-order valence-electron chi connectivity index (χ2n) is 3.39. The SMILES string of the molecule is CCC1Cc2ncc(N)nc2NC1=O. The lowest BCUT2D eigenvalue weighted by Gasteiger charge is -2.21. The van der Waals surface area contributed by atoms with Crippen molar-refractivity contribution < 1.29 is 4.79 Å². The van der Waals surface area contributed by atoms with E-state index in [1.165, 1.54) is 6.20 Å². The van der Waals surface area contributed by atoms with E-state index >= 15 is 0 Å². The molecule has 1 aliphatic rings. The highest BCUT2D eigenvalue weighted by atomic mass is 16.2. The summed E-state index contributed by atoms with van der Waals surface area (Å²) in [5.74, 6) is 0.874. The van der Waals surface area contributed by atoms with Gasteiger partial charge in [-0.25, -0.2) is 4.98 Å². The predicted molar refractivity (Wildman–Crippen MR) is 52.6 cm³/mol. The normalized spacial score (nSPS) is 20.1. The Morgan fingerprint density at radius 1 is 1.71 bits per heavy atom. The maximum Gasteiger partial charge on any atom is 0.229 e. The van der Waals surface area contributed by atoms with Crippen molar-refractivity contribution in [3.05, 3.63) is 11.9 Å². The van der Waals surface area contributed by atoms with Crippen LogP contribution in [0.2, 0.25) is 0 Å². The minimum absolute atomic E-state index is 0.0138. The third-order valence-corrected chi connectivity index (χ3v) is 2.41. The summed E-state index contributed by atoms with van der Waals surface area (Å²) in [5.41, 5.74) is 6.29. The molecule has 0 saturated heterocycles. The van der Waals surface area contributed by atoms with E-state index in [4.69, 9.17) is 5.73 Å². The topological polar surface area (TPSA) is 80.9 Å². The van der Waals surface area contributed by atoms with Gasteiger partial charge in [0.1, 0.15) is 5.82 Å². The van der Waals surface area contributed by atoms with E-state index in [0.29, 0.717) is 18.1 Å². The zero-order valence-corrected chi connectivity index (χ0v) is 7.95. The summed E-state index contributed by atoms with van der Waals surface area (Å²) in [6.07, 6.45) is 2.99. The molecular formula is C9H12N4O. The molecule has 5 nitrogen and oxygen atoms in total. The number of nitrogens with one attached hydrogen (secondary N) is 1. The van der Waals surface area contributed by atoms with E-state index in [2.05, 4.69) is 15.3 Å². The van der Waals surface area contributed by atoms with Crippen LogP contribution in [0.25, 0.3) is 0 Å². The number of carbonyl (C=O) groups is 1. The molecule has 5 heteroatoms. The molecule has 1 aliphatic heterocycles. The van der Waals surface area contributed by atoms with E-state index in [0.717, 1.165) is 12.1 Å².